The highest BCUT2D eigenvalue weighted by Gasteiger charge is 2.52. The number of pyridine rings is 1. The number of nitrogens with one attached hydrogen (secondary N) is 12. The Kier molecular flexibility index (Phi) is 27.3. The van der Waals surface area contributed by atoms with E-state index >= 15 is 9.59 Å². The molecule has 5 aromatic heterocycles. The number of ether oxygens (including phenoxy) is 1. The number of nitrogens with zero attached hydrogens (tertiary/aromatic N) is 6. The molecule has 114 heavy (non-hydrogen) atoms. The summed E-state index contributed by atoms with van der Waals surface area (Å²) in [4.78, 5) is 183. The van der Waals surface area contributed by atoms with Crippen LogP contribution in [0.3, 0.4) is 0 Å². The van der Waals surface area contributed by atoms with E-state index in [9.17, 15) is 68.7 Å². The lowest BCUT2D eigenvalue weighted by Crippen LogP contribution is -2.61. The van der Waals surface area contributed by atoms with Gasteiger partial charge in [0, 0.05) is 38.5 Å². The molecule has 9 heterocycles. The number of rotatable bonds is 12. The molecule has 42 heteroatoms. The Hall–Kier alpha value is -9.83. The molecule has 1 fully saturated rings. The molecule has 0 saturated carbocycles. The third-order valence-corrected chi connectivity index (χ3v) is 24.8. The van der Waals surface area contributed by atoms with Crippen LogP contribution in [0.2, 0.25) is 0 Å². The number of allylic oxidation sites excluding steroid dienone is 1. The van der Waals surface area contributed by atoms with Crippen molar-refractivity contribution in [1.82, 2.24) is 88.7 Å². The van der Waals surface area contributed by atoms with Gasteiger partial charge in [-0.1, -0.05) is 64.4 Å². The van der Waals surface area contributed by atoms with Gasteiger partial charge in [-0.15, -0.1) is 57.1 Å². The lowest BCUT2D eigenvalue weighted by molar-refractivity contribution is -0.131. The summed E-state index contributed by atoms with van der Waals surface area (Å²) in [6, 6.07) is -11.6. The van der Waals surface area contributed by atoms with Gasteiger partial charge in [0.15, 0.2) is 0 Å². The number of primary amides is 1. The Morgan fingerprint density at radius 2 is 1.46 bits per heavy atom. The average molecular weight is 1680 g/mol. The van der Waals surface area contributed by atoms with Gasteiger partial charge in [-0.05, 0) is 91.9 Å². The Morgan fingerprint density at radius 3 is 2.15 bits per heavy atom. The summed E-state index contributed by atoms with van der Waals surface area (Å²) in [5.41, 5.74) is -0.691. The number of piperidine rings is 1. The fourth-order valence-electron chi connectivity index (χ4n) is 12.6. The minimum absolute atomic E-state index is 0.0100. The van der Waals surface area contributed by atoms with E-state index in [0.717, 1.165) is 57.1 Å². The number of aromatic nitrogens is 5. The minimum atomic E-state index is -2.11. The molecule has 19 N–H and O–H groups in total. The van der Waals surface area contributed by atoms with E-state index in [-0.39, 0.29) is 88.9 Å². The monoisotopic (exact) mass is 1680 g/mol. The molecule has 1 unspecified atom stereocenters. The van der Waals surface area contributed by atoms with Crippen LogP contribution in [0.15, 0.2) is 87.3 Å². The average Bonchev–Trinajstić information content (AvgIpc) is 1.43. The van der Waals surface area contributed by atoms with Crippen molar-refractivity contribution in [3.05, 3.63) is 148 Å². The van der Waals surface area contributed by atoms with Gasteiger partial charge in [0.1, 0.15) is 107 Å². The molecule has 10 amide bonds. The zero-order valence-electron chi connectivity index (χ0n) is 63.2. The van der Waals surface area contributed by atoms with Crippen molar-refractivity contribution in [3.63, 3.8) is 0 Å². The molecular formula is C72H87N19O17S6. The van der Waals surface area contributed by atoms with E-state index in [2.05, 4.69) is 98.5 Å². The second-order valence-electron chi connectivity index (χ2n) is 28.2. The van der Waals surface area contributed by atoms with Crippen molar-refractivity contribution in [2.75, 3.05) is 5.75 Å². The number of thiocarbonyl (C=S) groups is 1. The first-order valence-electron chi connectivity index (χ1n) is 35.8. The van der Waals surface area contributed by atoms with Gasteiger partial charge in [0.05, 0.1) is 76.0 Å². The topological polar surface area (TPSA) is 545 Å². The molecular weight excluding hydrogens is 1600 g/mol. The third-order valence-electron chi connectivity index (χ3n) is 19.6. The van der Waals surface area contributed by atoms with Gasteiger partial charge in [0.25, 0.3) is 29.5 Å². The third kappa shape index (κ3) is 19.2. The van der Waals surface area contributed by atoms with Crippen LogP contribution in [0.1, 0.15) is 205 Å². The number of hydrogen-bond donors (Lipinski definition) is 18. The Balaban J connectivity index is 1.16. The van der Waals surface area contributed by atoms with E-state index in [1.165, 1.54) is 83.7 Å². The predicted molar refractivity (Wildman–Crippen MR) is 425 cm³/mol. The van der Waals surface area contributed by atoms with Crippen LogP contribution in [-0.4, -0.2) is 191 Å². The second kappa shape index (κ2) is 35.9. The number of thioether (sulfide) groups is 1. The lowest BCUT2D eigenvalue weighted by atomic mass is 9.78. The quantitative estimate of drug-likeness (QED) is 0.0473. The molecule has 10 rings (SSSR count). The predicted octanol–water partition coefficient (Wildman–Crippen LogP) is 1.15. The standard InChI is InChI=1S/C72H87N19O17S6/c1-14-26(2)48-63(104)79-31(7)58(99)76-29(5)57(98)77-32(8)59(100)91-72-18-17-40(66-85-44(23-111-66)60(101)78-30(6)56(97)75-28(4)55(73)96)83-53(72)42-21-112-67(84-42)50(35(11)108-69(106)41-20-38(33(9)92)37-15-16-39(81-48)52(95)51(37)82-41)89-65(109)46-25-113-68(86-46)54(71(13,107)36(12)94)90-62(103)43-22-110-47(80-43)19-27(3)74-64(105)49(34(10)93)88-61(102)45-24-114-70(72)87-45/h15-16,19-21,23-26,31-36,39-40,43,48-50,52-54,81,83,92-95,107H,4-6,14,17-18,22H2,1-3,7-13H3,(H2,73,96)(H,74,105)(H,75,97)(H,76,99)(H,77,98)(H,78,101)(H,79,104)(H,88,102)(H,89,109)(H,90,103)(H,91,100)/t26-,31-,32?,33+,34+,35+,36-,39+,40+,43+,48-,49-,50-,52-,53+,54-,71-,72+/m0/s1. The molecule has 1 saturated heterocycles. The van der Waals surface area contributed by atoms with Crippen molar-refractivity contribution in [3.8, 4) is 0 Å². The van der Waals surface area contributed by atoms with E-state index in [4.69, 9.17) is 37.6 Å². The van der Waals surface area contributed by atoms with E-state index in [1.54, 1.807) is 24.5 Å². The molecule has 1 aliphatic carbocycles. The maximum atomic E-state index is 15.4. The summed E-state index contributed by atoms with van der Waals surface area (Å²) < 4.78 is 6.37. The second-order valence-corrected chi connectivity index (χ2v) is 33.2. The summed E-state index contributed by atoms with van der Waals surface area (Å²) in [6.07, 6.45) is -2.50. The number of fused-ring (bicyclic) bond motifs is 7. The SMILES string of the molecule is C=C(NC(=O)C(=C)NC(=O)c1csc([C@H]2CC[C@]34NC(=O)C(C)NC(=O)C(=C)NC(=O)[C@H](C)NC(=O)[C@H]([C@@H](C)CC)N[C@@H]5C=Cc6c([C@@H](C)O)cc(nc6[C@H]5O)C(=O)O[C@H](C)[C@H](NC(=S)c5csc(n5)[C@@H]([C@@](C)(O)[C@H](C)O)NC(=O)[C@H]5CSC(=N5)C=C(C)NC(=O)[C@H]([C@@H](C)O)NC(=O)c5csc3n5)c3nc(cs3)[C@H]4N2)n1)C(N)=O. The van der Waals surface area contributed by atoms with Crippen LogP contribution in [0.4, 0.5) is 0 Å². The zero-order chi connectivity index (χ0) is 83.4. The number of hydrogen-bond acceptors (Lipinski definition) is 31. The Bertz CT molecular complexity index is 4810. The van der Waals surface area contributed by atoms with Crippen molar-refractivity contribution in [1.29, 1.82) is 0 Å². The van der Waals surface area contributed by atoms with Crippen molar-refractivity contribution >= 4 is 150 Å². The van der Waals surface area contributed by atoms with E-state index in [0.29, 0.717) is 11.5 Å². The first kappa shape index (κ1) is 86.6. The molecule has 5 aliphatic rings. The van der Waals surface area contributed by atoms with Gasteiger partial charge in [-0.3, -0.25) is 63.6 Å². The molecule has 18 atom stereocenters. The number of nitrogens with two attached hydrogens (primary N) is 1. The highest BCUT2D eigenvalue weighted by atomic mass is 32.2. The summed E-state index contributed by atoms with van der Waals surface area (Å²) in [5.74, 6) is -10.6. The van der Waals surface area contributed by atoms with Crippen LogP contribution in [-0.2, 0) is 48.6 Å². The lowest BCUT2D eigenvalue weighted by Gasteiger charge is -2.46. The van der Waals surface area contributed by atoms with Gasteiger partial charge >= 0.3 is 5.97 Å². The number of carbonyl (C=O) groups excluding carboxylic acids is 11. The van der Waals surface area contributed by atoms with Crippen molar-refractivity contribution in [2.24, 2.45) is 16.6 Å². The summed E-state index contributed by atoms with van der Waals surface area (Å²) in [7, 11) is 0. The Labute approximate surface area is 678 Å². The van der Waals surface area contributed by atoms with Crippen LogP contribution in [0.5, 0.6) is 0 Å². The van der Waals surface area contributed by atoms with Gasteiger partial charge in [-0.25, -0.2) is 29.7 Å². The largest absolute Gasteiger partial charge is 0.455 e. The van der Waals surface area contributed by atoms with Crippen LogP contribution >= 0.6 is 69.3 Å². The molecule has 5 aromatic rings. The number of aliphatic hydroxyl groups excluding tert-OH is 4. The molecule has 4 aliphatic heterocycles. The highest BCUT2D eigenvalue weighted by molar-refractivity contribution is 8.14. The summed E-state index contributed by atoms with van der Waals surface area (Å²) in [6.45, 7) is 25.3. The number of amides is 10. The fraction of sp³-hybridized carbons (Fsp3) is 0.444. The molecule has 13 bridgehead atoms. The molecule has 36 nitrogen and oxygen atoms in total. The number of esters is 1. The first-order valence-corrected chi connectivity index (χ1v) is 40.7. The number of aliphatic imine (C=N–C) groups is 1. The van der Waals surface area contributed by atoms with Gasteiger partial charge in [-0.2, -0.15) is 0 Å². The maximum Gasteiger partial charge on any atom is 0.357 e. The van der Waals surface area contributed by atoms with Crippen LogP contribution in [0.25, 0.3) is 6.08 Å². The summed E-state index contributed by atoms with van der Waals surface area (Å²) in [5, 5.41) is 97.7. The number of aliphatic hydroxyl groups is 5. The minimum Gasteiger partial charge on any atom is -0.455 e. The van der Waals surface area contributed by atoms with E-state index in [1.807, 2.05) is 6.92 Å². The molecule has 0 spiro atoms. The smallest absolute Gasteiger partial charge is 0.357 e. The van der Waals surface area contributed by atoms with E-state index < -0.39 is 196 Å². The zero-order valence-corrected chi connectivity index (χ0v) is 68.1. The van der Waals surface area contributed by atoms with Crippen LogP contribution in [0, 0.1) is 5.92 Å². The van der Waals surface area contributed by atoms with Gasteiger partial charge in [0.2, 0.25) is 29.5 Å². The summed E-state index contributed by atoms with van der Waals surface area (Å²) >= 11 is 11.1. The number of thiazole rings is 4. The van der Waals surface area contributed by atoms with Crippen molar-refractivity contribution in [2.45, 2.75) is 191 Å². The van der Waals surface area contributed by atoms with Crippen LogP contribution < -0.4 is 69.5 Å². The first-order chi connectivity index (χ1) is 53.7. The number of cyclic esters (lactones) is 1. The normalized spacial score (nSPS) is 27.3. The van der Waals surface area contributed by atoms with Crippen molar-refractivity contribution < 1.29 is 83.0 Å². The number of carbonyl (C=O) groups is 11. The fourth-order valence-corrected chi connectivity index (χ4v) is 17.8. The molecule has 0 radical (unpaired) electrons. The van der Waals surface area contributed by atoms with Gasteiger partial charge < -0.3 is 89.2 Å². The maximum absolute atomic E-state index is 15.4. The molecule has 608 valence electrons. The Morgan fingerprint density at radius 1 is 0.772 bits per heavy atom. The highest BCUT2D eigenvalue weighted by Crippen LogP contribution is 2.49. The molecule has 0 aromatic carbocycles.